The van der Waals surface area contributed by atoms with Gasteiger partial charge in [0.2, 0.25) is 5.91 Å². The minimum atomic E-state index is -0.292. The summed E-state index contributed by atoms with van der Waals surface area (Å²) in [4.78, 5) is 13.8. The number of hydrogen-bond acceptors (Lipinski definition) is 4. The fourth-order valence-corrected chi connectivity index (χ4v) is 2.13. The van der Waals surface area contributed by atoms with Gasteiger partial charge in [-0.25, -0.2) is 0 Å². The zero-order chi connectivity index (χ0) is 13.8. The number of carbonyl (C=O) groups excluding carboxylic acids is 1. The number of hydrogen-bond donors (Lipinski definition) is 1. The summed E-state index contributed by atoms with van der Waals surface area (Å²) >= 11 is 0. The molecule has 1 N–H and O–H groups in total. The molecule has 19 heavy (non-hydrogen) atoms. The molecule has 1 aliphatic rings. The third kappa shape index (κ3) is 3.65. The summed E-state index contributed by atoms with van der Waals surface area (Å²) in [6, 6.07) is 0. The molecule has 2 heterocycles. The zero-order valence-electron chi connectivity index (χ0n) is 11.2. The second-order valence-corrected chi connectivity index (χ2v) is 4.78. The van der Waals surface area contributed by atoms with E-state index in [0.717, 1.165) is 5.56 Å². The van der Waals surface area contributed by atoms with E-state index in [1.165, 1.54) is 6.08 Å². The van der Waals surface area contributed by atoms with Crippen LogP contribution in [0.3, 0.4) is 0 Å². The molecule has 2 atom stereocenters. The summed E-state index contributed by atoms with van der Waals surface area (Å²) in [5, 5.41) is 13.2. The second-order valence-electron chi connectivity index (χ2n) is 4.78. The largest absolute Gasteiger partial charge is 0.394 e. The number of rotatable bonds is 3. The van der Waals surface area contributed by atoms with E-state index in [9.17, 15) is 4.79 Å². The summed E-state index contributed by atoms with van der Waals surface area (Å²) in [6.07, 6.45) is 6.46. The Labute approximate surface area is 112 Å². The molecule has 2 rings (SSSR count). The standard InChI is InChI=1S/C13H19N3O3/c1-10-6-16(8-12(9-17)19-10)13(18)4-3-11-5-14-15(2)7-11/h3-5,7,10,12,17H,6,8-9H2,1-2H3/b4-3+. The van der Waals surface area contributed by atoms with E-state index in [1.54, 1.807) is 21.9 Å². The van der Waals surface area contributed by atoms with Crippen LogP contribution in [0.1, 0.15) is 12.5 Å². The van der Waals surface area contributed by atoms with Crippen LogP contribution in [-0.2, 0) is 16.6 Å². The molecule has 1 aromatic heterocycles. The maximum Gasteiger partial charge on any atom is 0.246 e. The molecule has 1 aliphatic heterocycles. The maximum absolute atomic E-state index is 12.1. The highest BCUT2D eigenvalue weighted by molar-refractivity contribution is 5.91. The monoisotopic (exact) mass is 265 g/mol. The molecule has 0 aromatic carbocycles. The van der Waals surface area contributed by atoms with E-state index in [4.69, 9.17) is 9.84 Å². The molecule has 0 saturated carbocycles. The fraction of sp³-hybridized carbons (Fsp3) is 0.538. The van der Waals surface area contributed by atoms with Crippen LogP contribution in [0.15, 0.2) is 18.5 Å². The van der Waals surface area contributed by atoms with Crippen molar-refractivity contribution in [3.8, 4) is 0 Å². The molecule has 0 bridgehead atoms. The first-order valence-corrected chi connectivity index (χ1v) is 6.30. The van der Waals surface area contributed by atoms with Crippen molar-refractivity contribution < 1.29 is 14.6 Å². The van der Waals surface area contributed by atoms with E-state index < -0.39 is 0 Å². The first-order valence-electron chi connectivity index (χ1n) is 6.30. The van der Waals surface area contributed by atoms with Crippen molar-refractivity contribution in [3.05, 3.63) is 24.0 Å². The smallest absolute Gasteiger partial charge is 0.246 e. The zero-order valence-corrected chi connectivity index (χ0v) is 11.2. The summed E-state index contributed by atoms with van der Waals surface area (Å²) in [6.45, 7) is 2.80. The van der Waals surface area contributed by atoms with Gasteiger partial charge in [-0.1, -0.05) is 0 Å². The Morgan fingerprint density at radius 1 is 1.63 bits per heavy atom. The summed E-state index contributed by atoms with van der Waals surface area (Å²) in [5.41, 5.74) is 0.885. The Morgan fingerprint density at radius 3 is 3.05 bits per heavy atom. The topological polar surface area (TPSA) is 67.6 Å². The van der Waals surface area contributed by atoms with E-state index >= 15 is 0 Å². The van der Waals surface area contributed by atoms with Crippen molar-refractivity contribution in [1.29, 1.82) is 0 Å². The molecule has 6 nitrogen and oxygen atoms in total. The predicted molar refractivity (Wildman–Crippen MR) is 70.2 cm³/mol. The number of aliphatic hydroxyl groups is 1. The molecular formula is C13H19N3O3. The first-order chi connectivity index (χ1) is 9.08. The summed E-state index contributed by atoms with van der Waals surface area (Å²) < 4.78 is 7.18. The molecule has 2 unspecified atom stereocenters. The predicted octanol–water partition coefficient (Wildman–Crippen LogP) is 0.0415. The number of amides is 1. The van der Waals surface area contributed by atoms with Crippen molar-refractivity contribution in [1.82, 2.24) is 14.7 Å². The number of aryl methyl sites for hydroxylation is 1. The van der Waals surface area contributed by atoms with Crippen LogP contribution < -0.4 is 0 Å². The van der Waals surface area contributed by atoms with Gasteiger partial charge in [-0.2, -0.15) is 5.10 Å². The van der Waals surface area contributed by atoms with Gasteiger partial charge in [0.1, 0.15) is 0 Å². The maximum atomic E-state index is 12.1. The van der Waals surface area contributed by atoms with Crippen molar-refractivity contribution in [2.75, 3.05) is 19.7 Å². The quantitative estimate of drug-likeness (QED) is 0.784. The van der Waals surface area contributed by atoms with Crippen LogP contribution in [0, 0.1) is 0 Å². The van der Waals surface area contributed by atoms with Crippen molar-refractivity contribution in [3.63, 3.8) is 0 Å². The Balaban J connectivity index is 1.97. The minimum absolute atomic E-state index is 0.0540. The lowest BCUT2D eigenvalue weighted by Crippen LogP contribution is -2.49. The van der Waals surface area contributed by atoms with E-state index in [-0.39, 0.29) is 24.7 Å². The number of carbonyl (C=O) groups is 1. The number of ether oxygens (including phenoxy) is 1. The third-order valence-electron chi connectivity index (χ3n) is 2.98. The van der Waals surface area contributed by atoms with Gasteiger partial charge in [0.15, 0.2) is 0 Å². The van der Waals surface area contributed by atoms with Crippen LogP contribution in [0.5, 0.6) is 0 Å². The molecule has 0 radical (unpaired) electrons. The Hall–Kier alpha value is -1.66. The van der Waals surface area contributed by atoms with Crippen molar-refractivity contribution in [2.45, 2.75) is 19.1 Å². The summed E-state index contributed by atoms with van der Waals surface area (Å²) in [7, 11) is 1.83. The first kappa shape index (κ1) is 13.8. The van der Waals surface area contributed by atoms with E-state index in [2.05, 4.69) is 5.10 Å². The molecule has 1 aromatic rings. The van der Waals surface area contributed by atoms with Crippen LogP contribution in [-0.4, -0.2) is 57.6 Å². The molecule has 0 spiro atoms. The number of aromatic nitrogens is 2. The van der Waals surface area contributed by atoms with Crippen molar-refractivity contribution >= 4 is 12.0 Å². The van der Waals surface area contributed by atoms with Crippen LogP contribution >= 0.6 is 0 Å². The number of nitrogens with zero attached hydrogens (tertiary/aromatic N) is 3. The van der Waals surface area contributed by atoms with Crippen LogP contribution in [0.4, 0.5) is 0 Å². The molecular weight excluding hydrogens is 246 g/mol. The number of morpholine rings is 1. The van der Waals surface area contributed by atoms with Gasteiger partial charge in [0.25, 0.3) is 0 Å². The number of aliphatic hydroxyl groups excluding tert-OH is 1. The Morgan fingerprint density at radius 2 is 2.42 bits per heavy atom. The lowest BCUT2D eigenvalue weighted by molar-refractivity contribution is -0.142. The van der Waals surface area contributed by atoms with Gasteiger partial charge in [-0.15, -0.1) is 0 Å². The van der Waals surface area contributed by atoms with Gasteiger partial charge >= 0.3 is 0 Å². The SMILES string of the molecule is CC1CN(C(=O)/C=C/c2cnn(C)c2)CC(CO)O1. The molecule has 1 amide bonds. The highest BCUT2D eigenvalue weighted by Gasteiger charge is 2.26. The lowest BCUT2D eigenvalue weighted by Gasteiger charge is -2.35. The van der Waals surface area contributed by atoms with Gasteiger partial charge in [-0.05, 0) is 13.0 Å². The Kier molecular flexibility index (Phi) is 4.34. The fourth-order valence-electron chi connectivity index (χ4n) is 2.13. The normalized spacial score (nSPS) is 24.1. The molecule has 0 aliphatic carbocycles. The van der Waals surface area contributed by atoms with Gasteiger partial charge < -0.3 is 14.7 Å². The molecule has 1 fully saturated rings. The second kappa shape index (κ2) is 5.99. The lowest BCUT2D eigenvalue weighted by atomic mass is 10.2. The van der Waals surface area contributed by atoms with Gasteiger partial charge in [0.05, 0.1) is 25.0 Å². The van der Waals surface area contributed by atoms with Gasteiger partial charge in [0, 0.05) is 38.0 Å². The molecule has 1 saturated heterocycles. The molecule has 104 valence electrons. The molecule has 6 heteroatoms. The van der Waals surface area contributed by atoms with E-state index in [0.29, 0.717) is 13.1 Å². The third-order valence-corrected chi connectivity index (χ3v) is 2.98. The Bertz CT molecular complexity index is 469. The van der Waals surface area contributed by atoms with E-state index in [1.807, 2.05) is 20.2 Å². The van der Waals surface area contributed by atoms with Gasteiger partial charge in [-0.3, -0.25) is 9.48 Å². The average Bonchev–Trinajstić information content (AvgIpc) is 2.81. The summed E-state index contributed by atoms with van der Waals surface area (Å²) in [5.74, 6) is -0.0718. The van der Waals surface area contributed by atoms with Crippen LogP contribution in [0.2, 0.25) is 0 Å². The minimum Gasteiger partial charge on any atom is -0.394 e. The highest BCUT2D eigenvalue weighted by atomic mass is 16.5. The van der Waals surface area contributed by atoms with Crippen molar-refractivity contribution in [2.24, 2.45) is 7.05 Å². The highest BCUT2D eigenvalue weighted by Crippen LogP contribution is 2.11. The van der Waals surface area contributed by atoms with Crippen LogP contribution in [0.25, 0.3) is 6.08 Å². The average molecular weight is 265 g/mol.